The first kappa shape index (κ1) is 17.4. The Balaban J connectivity index is 2.60. The van der Waals surface area contributed by atoms with Crippen molar-refractivity contribution < 1.29 is 9.22 Å². The van der Waals surface area contributed by atoms with Crippen molar-refractivity contribution in [1.82, 2.24) is 0 Å². The first-order chi connectivity index (χ1) is 11.1. The summed E-state index contributed by atoms with van der Waals surface area (Å²) in [4.78, 5) is 11.6. The Labute approximate surface area is 139 Å². The maximum atomic E-state index is 11.6. The van der Waals surface area contributed by atoms with E-state index in [-0.39, 0.29) is 5.92 Å². The van der Waals surface area contributed by atoms with Crippen LogP contribution >= 0.6 is 0 Å². The Kier molecular flexibility index (Phi) is 6.08. The zero-order chi connectivity index (χ0) is 16.7. The van der Waals surface area contributed by atoms with E-state index in [0.717, 1.165) is 12.3 Å². The van der Waals surface area contributed by atoms with Crippen molar-refractivity contribution in [3.63, 3.8) is 0 Å². The molecule has 0 aromatic heterocycles. The van der Waals surface area contributed by atoms with Crippen molar-refractivity contribution in [2.45, 2.75) is 26.0 Å². The zero-order valence-electron chi connectivity index (χ0n) is 13.8. The quantitative estimate of drug-likeness (QED) is 0.423. The molecule has 0 saturated heterocycles. The molecule has 0 amide bonds. The van der Waals surface area contributed by atoms with Crippen LogP contribution in [0.4, 0.5) is 0 Å². The van der Waals surface area contributed by atoms with Crippen molar-refractivity contribution in [2.75, 3.05) is 0 Å². The van der Waals surface area contributed by atoms with Crippen molar-refractivity contribution in [2.24, 2.45) is 5.92 Å². The Morgan fingerprint density at radius 2 is 1.48 bits per heavy atom. The van der Waals surface area contributed by atoms with Crippen LogP contribution in [0.5, 0.6) is 0 Å². The van der Waals surface area contributed by atoms with Crippen LogP contribution in [0.15, 0.2) is 73.3 Å². The van der Waals surface area contributed by atoms with E-state index in [2.05, 4.69) is 30.8 Å². The van der Waals surface area contributed by atoms with Crippen LogP contribution in [0.25, 0.3) is 0 Å². The molecular weight excluding hydrogens is 300 g/mol. The van der Waals surface area contributed by atoms with E-state index < -0.39 is 14.4 Å². The first-order valence-electron chi connectivity index (χ1n) is 7.99. The van der Waals surface area contributed by atoms with Gasteiger partial charge in [0.15, 0.2) is 0 Å². The molecule has 0 aliphatic heterocycles. The standard InChI is InChI=1S/C20H24O2Si/c1-4-15-23(18-11-7-5-8-12-18,19-13-9-6-10-14-19)22-20(16-21)17(2)3/h4-14,16-17,20H,1,15H2,2-3H3. The summed E-state index contributed by atoms with van der Waals surface area (Å²) in [5.74, 6) is 0.136. The van der Waals surface area contributed by atoms with Crippen LogP contribution in [-0.2, 0) is 9.22 Å². The summed E-state index contributed by atoms with van der Waals surface area (Å²) in [5.41, 5.74) is 0. The molecule has 2 aromatic carbocycles. The highest BCUT2D eigenvalue weighted by molar-refractivity contribution is 6.97. The summed E-state index contributed by atoms with van der Waals surface area (Å²) >= 11 is 0. The minimum absolute atomic E-state index is 0.136. The normalized spacial score (nSPS) is 12.8. The second-order valence-electron chi connectivity index (χ2n) is 6.01. The van der Waals surface area contributed by atoms with Crippen LogP contribution in [0.2, 0.25) is 6.04 Å². The summed E-state index contributed by atoms with van der Waals surface area (Å²) in [7, 11) is -2.54. The molecule has 0 spiro atoms. The number of benzene rings is 2. The number of rotatable bonds is 8. The van der Waals surface area contributed by atoms with E-state index in [1.54, 1.807) is 0 Å². The van der Waals surface area contributed by atoms with Gasteiger partial charge in [-0.15, -0.1) is 6.58 Å². The van der Waals surface area contributed by atoms with Crippen LogP contribution in [0, 0.1) is 5.92 Å². The third-order valence-corrected chi connectivity index (χ3v) is 8.11. The number of allylic oxidation sites excluding steroid dienone is 1. The SMILES string of the molecule is C=CC[Si](OC(C=O)C(C)C)(c1ccccc1)c1ccccc1. The monoisotopic (exact) mass is 324 g/mol. The lowest BCUT2D eigenvalue weighted by molar-refractivity contribution is -0.115. The van der Waals surface area contributed by atoms with Crippen molar-refractivity contribution in [1.29, 1.82) is 0 Å². The highest BCUT2D eigenvalue weighted by Crippen LogP contribution is 2.19. The number of aldehydes is 1. The number of carbonyl (C=O) groups is 1. The average Bonchev–Trinajstić information content (AvgIpc) is 2.60. The lowest BCUT2D eigenvalue weighted by Gasteiger charge is -2.35. The van der Waals surface area contributed by atoms with Gasteiger partial charge < -0.3 is 9.22 Å². The summed E-state index contributed by atoms with van der Waals surface area (Å²) in [6, 6.07) is 21.2. The van der Waals surface area contributed by atoms with Crippen molar-refractivity contribution >= 4 is 25.0 Å². The second kappa shape index (κ2) is 8.04. The first-order valence-corrected chi connectivity index (χ1v) is 10.1. The topological polar surface area (TPSA) is 26.3 Å². The fourth-order valence-corrected chi connectivity index (χ4v) is 6.59. The van der Waals surface area contributed by atoms with Gasteiger partial charge in [-0.1, -0.05) is 80.6 Å². The predicted molar refractivity (Wildman–Crippen MR) is 98.7 cm³/mol. The molecule has 1 atom stereocenters. The molecule has 1 unspecified atom stereocenters. The largest absolute Gasteiger partial charge is 0.398 e. The smallest absolute Gasteiger partial charge is 0.260 e. The van der Waals surface area contributed by atoms with Gasteiger partial charge in [0.25, 0.3) is 8.32 Å². The van der Waals surface area contributed by atoms with Crippen molar-refractivity contribution in [3.05, 3.63) is 73.3 Å². The Morgan fingerprint density at radius 3 is 1.83 bits per heavy atom. The third kappa shape index (κ3) is 3.87. The predicted octanol–water partition coefficient (Wildman–Crippen LogP) is 3.17. The van der Waals surface area contributed by atoms with Crippen LogP contribution < -0.4 is 10.4 Å². The van der Waals surface area contributed by atoms with E-state index >= 15 is 0 Å². The van der Waals surface area contributed by atoms with Gasteiger partial charge in [-0.2, -0.15) is 0 Å². The van der Waals surface area contributed by atoms with Gasteiger partial charge in [0.2, 0.25) is 0 Å². The van der Waals surface area contributed by atoms with Crippen LogP contribution in [-0.4, -0.2) is 20.7 Å². The van der Waals surface area contributed by atoms with Gasteiger partial charge >= 0.3 is 0 Å². The van der Waals surface area contributed by atoms with E-state index in [1.165, 1.54) is 10.4 Å². The van der Waals surface area contributed by atoms with Gasteiger partial charge in [0, 0.05) is 0 Å². The zero-order valence-corrected chi connectivity index (χ0v) is 14.8. The lowest BCUT2D eigenvalue weighted by Crippen LogP contribution is -2.62. The summed E-state index contributed by atoms with van der Waals surface area (Å²) in [6.45, 7) is 7.97. The van der Waals surface area contributed by atoms with Crippen molar-refractivity contribution in [3.8, 4) is 0 Å². The molecule has 0 aliphatic carbocycles. The molecule has 0 bridgehead atoms. The van der Waals surface area contributed by atoms with Crippen LogP contribution in [0.3, 0.4) is 0 Å². The molecule has 0 aliphatic rings. The van der Waals surface area contributed by atoms with Gasteiger partial charge in [0.05, 0.1) is 0 Å². The summed E-state index contributed by atoms with van der Waals surface area (Å²) < 4.78 is 6.56. The molecule has 120 valence electrons. The second-order valence-corrected chi connectivity index (χ2v) is 9.47. The fourth-order valence-electron chi connectivity index (χ4n) is 2.76. The van der Waals surface area contributed by atoms with Gasteiger partial charge in [0.1, 0.15) is 12.4 Å². The molecule has 2 nitrogen and oxygen atoms in total. The maximum Gasteiger partial charge on any atom is 0.260 e. The van der Waals surface area contributed by atoms with E-state index in [0.29, 0.717) is 0 Å². The van der Waals surface area contributed by atoms with Crippen LogP contribution in [0.1, 0.15) is 13.8 Å². The third-order valence-electron chi connectivity index (χ3n) is 4.04. The highest BCUT2D eigenvalue weighted by atomic mass is 28.4. The molecule has 0 heterocycles. The van der Waals surface area contributed by atoms with Gasteiger partial charge in [-0.05, 0) is 22.3 Å². The molecule has 0 radical (unpaired) electrons. The number of hydrogen-bond donors (Lipinski definition) is 0. The molecule has 3 heteroatoms. The fraction of sp³-hybridized carbons (Fsp3) is 0.250. The molecular formula is C20H24O2Si. The highest BCUT2D eigenvalue weighted by Gasteiger charge is 2.41. The Hall–Kier alpha value is -1.97. The van der Waals surface area contributed by atoms with E-state index in [9.17, 15) is 4.79 Å². The van der Waals surface area contributed by atoms with E-state index in [1.807, 2.05) is 56.3 Å². The molecule has 2 rings (SSSR count). The van der Waals surface area contributed by atoms with E-state index in [4.69, 9.17) is 4.43 Å². The van der Waals surface area contributed by atoms with Gasteiger partial charge in [-0.3, -0.25) is 0 Å². The molecule has 0 saturated carbocycles. The Bertz CT molecular complexity index is 583. The number of carbonyl (C=O) groups excluding carboxylic acids is 1. The van der Waals surface area contributed by atoms with Gasteiger partial charge in [-0.25, -0.2) is 0 Å². The molecule has 23 heavy (non-hydrogen) atoms. The lowest BCUT2D eigenvalue weighted by atomic mass is 10.1. The molecule has 2 aromatic rings. The maximum absolute atomic E-state index is 11.6. The minimum Gasteiger partial charge on any atom is -0.398 e. The average molecular weight is 324 g/mol. The molecule has 0 fully saturated rings. The molecule has 0 N–H and O–H groups in total. The minimum atomic E-state index is -2.54. The summed E-state index contributed by atoms with van der Waals surface area (Å²) in [5, 5.41) is 2.33. The summed E-state index contributed by atoms with van der Waals surface area (Å²) in [6.07, 6.45) is 2.43. The Morgan fingerprint density at radius 1 is 1.00 bits per heavy atom. The number of hydrogen-bond acceptors (Lipinski definition) is 2.